The SMILES string of the molecule is O=CNc1cccc(-c2cnco2)n1. The van der Waals surface area contributed by atoms with Crippen LogP contribution in [0.15, 0.2) is 35.2 Å². The standard InChI is InChI=1S/C9H7N3O2/c13-5-11-9-3-1-2-7(12-9)8-4-10-6-14-8/h1-6H,(H,11,12,13). The van der Waals surface area contributed by atoms with E-state index in [1.54, 1.807) is 24.4 Å². The Hall–Kier alpha value is -2.17. The number of hydrogen-bond acceptors (Lipinski definition) is 4. The molecule has 0 radical (unpaired) electrons. The smallest absolute Gasteiger partial charge is 0.212 e. The number of nitrogens with one attached hydrogen (secondary N) is 1. The highest BCUT2D eigenvalue weighted by molar-refractivity contribution is 5.69. The maximum atomic E-state index is 10.2. The van der Waals surface area contributed by atoms with Crippen molar-refractivity contribution in [3.8, 4) is 11.5 Å². The van der Waals surface area contributed by atoms with Crippen molar-refractivity contribution in [1.82, 2.24) is 9.97 Å². The first-order valence-electron chi connectivity index (χ1n) is 3.96. The molecule has 70 valence electrons. The van der Waals surface area contributed by atoms with E-state index in [1.165, 1.54) is 6.39 Å². The van der Waals surface area contributed by atoms with Crippen LogP contribution in [0.3, 0.4) is 0 Å². The Labute approximate surface area is 79.8 Å². The lowest BCUT2D eigenvalue weighted by Gasteiger charge is -1.99. The molecule has 2 aromatic rings. The fraction of sp³-hybridized carbons (Fsp3) is 0. The molecule has 1 N–H and O–H groups in total. The number of rotatable bonds is 3. The minimum absolute atomic E-state index is 0.480. The van der Waals surface area contributed by atoms with E-state index in [-0.39, 0.29) is 0 Å². The van der Waals surface area contributed by atoms with E-state index in [0.29, 0.717) is 23.7 Å². The number of hydrogen-bond donors (Lipinski definition) is 1. The average Bonchev–Trinajstić information content (AvgIpc) is 2.71. The second kappa shape index (κ2) is 3.69. The maximum Gasteiger partial charge on any atom is 0.212 e. The lowest BCUT2D eigenvalue weighted by Crippen LogP contribution is -1.96. The predicted octanol–water partition coefficient (Wildman–Crippen LogP) is 1.30. The van der Waals surface area contributed by atoms with E-state index >= 15 is 0 Å². The molecule has 0 aliphatic rings. The first-order valence-corrected chi connectivity index (χ1v) is 3.96. The van der Waals surface area contributed by atoms with Gasteiger partial charge in [-0.3, -0.25) is 4.79 Å². The van der Waals surface area contributed by atoms with Crippen molar-refractivity contribution >= 4 is 12.2 Å². The molecule has 5 nitrogen and oxygen atoms in total. The maximum absolute atomic E-state index is 10.2. The highest BCUT2D eigenvalue weighted by atomic mass is 16.3. The van der Waals surface area contributed by atoms with Crippen molar-refractivity contribution in [3.63, 3.8) is 0 Å². The molecule has 0 aromatic carbocycles. The van der Waals surface area contributed by atoms with Gasteiger partial charge in [-0.2, -0.15) is 0 Å². The third-order valence-electron chi connectivity index (χ3n) is 1.64. The van der Waals surface area contributed by atoms with E-state index in [2.05, 4.69) is 15.3 Å². The Morgan fingerprint density at radius 1 is 1.43 bits per heavy atom. The van der Waals surface area contributed by atoms with Crippen molar-refractivity contribution in [2.24, 2.45) is 0 Å². The monoisotopic (exact) mass is 189 g/mol. The van der Waals surface area contributed by atoms with Gasteiger partial charge in [0.1, 0.15) is 11.5 Å². The number of anilines is 1. The van der Waals surface area contributed by atoms with Crippen LogP contribution < -0.4 is 5.32 Å². The average molecular weight is 189 g/mol. The van der Waals surface area contributed by atoms with Crippen molar-refractivity contribution in [2.45, 2.75) is 0 Å². The summed E-state index contributed by atoms with van der Waals surface area (Å²) in [5.41, 5.74) is 0.634. The van der Waals surface area contributed by atoms with Gasteiger partial charge < -0.3 is 9.73 Å². The van der Waals surface area contributed by atoms with Crippen LogP contribution >= 0.6 is 0 Å². The summed E-state index contributed by atoms with van der Waals surface area (Å²) >= 11 is 0. The number of pyridine rings is 1. The number of aromatic nitrogens is 2. The fourth-order valence-corrected chi connectivity index (χ4v) is 1.05. The molecule has 0 saturated heterocycles. The molecule has 2 rings (SSSR count). The van der Waals surface area contributed by atoms with Crippen LogP contribution in [0.5, 0.6) is 0 Å². The molecule has 2 heterocycles. The van der Waals surface area contributed by atoms with Gasteiger partial charge in [-0.1, -0.05) is 6.07 Å². The summed E-state index contributed by atoms with van der Waals surface area (Å²) in [7, 11) is 0. The molecule has 0 aliphatic heterocycles. The highest BCUT2D eigenvalue weighted by Gasteiger charge is 2.02. The molecule has 5 heteroatoms. The Morgan fingerprint density at radius 2 is 2.36 bits per heavy atom. The summed E-state index contributed by atoms with van der Waals surface area (Å²) in [5, 5.41) is 2.46. The van der Waals surface area contributed by atoms with Gasteiger partial charge in [0.25, 0.3) is 0 Å². The lowest BCUT2D eigenvalue weighted by atomic mass is 10.3. The van der Waals surface area contributed by atoms with Crippen LogP contribution in [0.2, 0.25) is 0 Å². The van der Waals surface area contributed by atoms with Crippen LogP contribution in [0.4, 0.5) is 5.82 Å². The molecule has 0 aliphatic carbocycles. The van der Waals surface area contributed by atoms with Crippen LogP contribution in [0, 0.1) is 0 Å². The number of amides is 1. The number of oxazole rings is 1. The molecule has 0 saturated carbocycles. The summed E-state index contributed by atoms with van der Waals surface area (Å²) < 4.78 is 5.06. The Bertz CT molecular complexity index is 425. The minimum atomic E-state index is 0.480. The predicted molar refractivity (Wildman–Crippen MR) is 49.4 cm³/mol. The van der Waals surface area contributed by atoms with Crippen LogP contribution in [0.25, 0.3) is 11.5 Å². The van der Waals surface area contributed by atoms with Gasteiger partial charge in [-0.05, 0) is 12.1 Å². The molecule has 0 atom stereocenters. The summed E-state index contributed by atoms with van der Waals surface area (Å²) in [6.07, 6.45) is 3.47. The Balaban J connectivity index is 2.35. The largest absolute Gasteiger partial charge is 0.442 e. The highest BCUT2D eigenvalue weighted by Crippen LogP contribution is 2.17. The van der Waals surface area contributed by atoms with E-state index in [1.807, 2.05) is 0 Å². The van der Waals surface area contributed by atoms with Gasteiger partial charge in [0.05, 0.1) is 6.20 Å². The van der Waals surface area contributed by atoms with Gasteiger partial charge in [0.15, 0.2) is 12.2 Å². The fourth-order valence-electron chi connectivity index (χ4n) is 1.05. The first kappa shape index (κ1) is 8.43. The zero-order chi connectivity index (χ0) is 9.80. The Morgan fingerprint density at radius 3 is 3.07 bits per heavy atom. The quantitative estimate of drug-likeness (QED) is 0.739. The molecule has 14 heavy (non-hydrogen) atoms. The summed E-state index contributed by atoms with van der Waals surface area (Å²) in [4.78, 5) is 18.1. The molecule has 0 spiro atoms. The van der Waals surface area contributed by atoms with Crippen molar-refractivity contribution < 1.29 is 9.21 Å². The zero-order valence-electron chi connectivity index (χ0n) is 7.18. The molecule has 0 unspecified atom stereocenters. The topological polar surface area (TPSA) is 68.0 Å². The second-order valence-corrected chi connectivity index (χ2v) is 2.54. The van der Waals surface area contributed by atoms with E-state index in [0.717, 1.165) is 0 Å². The Kier molecular flexibility index (Phi) is 2.22. The van der Waals surface area contributed by atoms with Crippen LogP contribution in [-0.2, 0) is 4.79 Å². The van der Waals surface area contributed by atoms with Gasteiger partial charge >= 0.3 is 0 Å². The first-order chi connectivity index (χ1) is 6.90. The van der Waals surface area contributed by atoms with E-state index in [9.17, 15) is 4.79 Å². The molecule has 0 bridgehead atoms. The summed E-state index contributed by atoms with van der Waals surface area (Å²) in [6, 6.07) is 5.24. The number of carbonyl (C=O) groups excluding carboxylic acids is 1. The molecule has 1 amide bonds. The van der Waals surface area contributed by atoms with Gasteiger partial charge in [0, 0.05) is 0 Å². The number of carbonyl (C=O) groups is 1. The molecular weight excluding hydrogens is 182 g/mol. The van der Waals surface area contributed by atoms with Crippen molar-refractivity contribution in [3.05, 3.63) is 30.8 Å². The summed E-state index contributed by atoms with van der Waals surface area (Å²) in [5.74, 6) is 1.05. The van der Waals surface area contributed by atoms with E-state index < -0.39 is 0 Å². The van der Waals surface area contributed by atoms with Gasteiger partial charge in [-0.25, -0.2) is 9.97 Å². The van der Waals surface area contributed by atoms with Crippen molar-refractivity contribution in [2.75, 3.05) is 5.32 Å². The van der Waals surface area contributed by atoms with Crippen LogP contribution in [0.1, 0.15) is 0 Å². The number of nitrogens with zero attached hydrogens (tertiary/aromatic N) is 2. The third-order valence-corrected chi connectivity index (χ3v) is 1.64. The minimum Gasteiger partial charge on any atom is -0.442 e. The molecule has 0 fully saturated rings. The van der Waals surface area contributed by atoms with Gasteiger partial charge in [-0.15, -0.1) is 0 Å². The summed E-state index contributed by atoms with van der Waals surface area (Å²) in [6.45, 7) is 0. The zero-order valence-corrected chi connectivity index (χ0v) is 7.18. The van der Waals surface area contributed by atoms with E-state index in [4.69, 9.17) is 4.42 Å². The third kappa shape index (κ3) is 1.61. The van der Waals surface area contributed by atoms with Crippen LogP contribution in [-0.4, -0.2) is 16.4 Å². The second-order valence-electron chi connectivity index (χ2n) is 2.54. The lowest BCUT2D eigenvalue weighted by molar-refractivity contribution is -0.105. The molecular formula is C9H7N3O2. The molecule has 2 aromatic heterocycles. The van der Waals surface area contributed by atoms with Crippen molar-refractivity contribution in [1.29, 1.82) is 0 Å². The normalized spacial score (nSPS) is 9.71. The van der Waals surface area contributed by atoms with Gasteiger partial charge in [0.2, 0.25) is 6.41 Å².